The average Bonchev–Trinajstić information content (AvgIpc) is 2.43. The van der Waals surface area contributed by atoms with Crippen molar-refractivity contribution >= 4 is 23.6 Å². The molecule has 0 saturated heterocycles. The lowest BCUT2D eigenvalue weighted by atomic mass is 9.93. The molecule has 0 heterocycles. The summed E-state index contributed by atoms with van der Waals surface area (Å²) < 4.78 is 0. The highest BCUT2D eigenvalue weighted by Gasteiger charge is 2.36. The van der Waals surface area contributed by atoms with Gasteiger partial charge in [-0.1, -0.05) is 25.8 Å². The van der Waals surface area contributed by atoms with Crippen LogP contribution in [0.25, 0.3) is 0 Å². The first-order valence-electron chi connectivity index (χ1n) is 7.17. The first-order valence-corrected chi connectivity index (χ1v) is 8.56. The topological polar surface area (TPSA) is 86.6 Å². The van der Waals surface area contributed by atoms with Gasteiger partial charge in [-0.05, 0) is 31.8 Å². The quantitative estimate of drug-likeness (QED) is 0.508. The number of thioether (sulfide) groups is 1. The number of nitrogens with one attached hydrogen (secondary N) is 1. The van der Waals surface area contributed by atoms with Crippen LogP contribution in [0.1, 0.15) is 39.5 Å². The molecule has 0 aliphatic carbocycles. The van der Waals surface area contributed by atoms with Crippen LogP contribution in [0.2, 0.25) is 0 Å². The van der Waals surface area contributed by atoms with Crippen LogP contribution in [-0.4, -0.2) is 45.7 Å². The number of aliphatic hydroxyl groups is 1. The average molecular weight is 317 g/mol. The molecule has 5 nitrogen and oxygen atoms in total. The summed E-state index contributed by atoms with van der Waals surface area (Å²) in [6, 6.07) is 0. The predicted molar refractivity (Wildman–Crippen MR) is 86.4 cm³/mol. The Hall–Kier alpha value is -1.01. The molecule has 0 rings (SSSR count). The highest BCUT2D eigenvalue weighted by Crippen LogP contribution is 2.18. The summed E-state index contributed by atoms with van der Waals surface area (Å²) in [5, 5.41) is 21.9. The van der Waals surface area contributed by atoms with Gasteiger partial charge in [-0.3, -0.25) is 4.79 Å². The van der Waals surface area contributed by atoms with Crippen molar-refractivity contribution in [3.8, 4) is 0 Å². The first kappa shape index (κ1) is 20.0. The largest absolute Gasteiger partial charge is 0.480 e. The number of aliphatic carboxylic acids is 1. The molecular weight excluding hydrogens is 290 g/mol. The number of unbranched alkanes of at least 4 members (excludes halogenated alkanes) is 1. The second-order valence-corrected chi connectivity index (χ2v) is 6.33. The van der Waals surface area contributed by atoms with Gasteiger partial charge >= 0.3 is 5.97 Å². The van der Waals surface area contributed by atoms with Crippen molar-refractivity contribution in [2.75, 3.05) is 12.0 Å². The molecule has 0 radical (unpaired) electrons. The minimum absolute atomic E-state index is 0.324. The second kappa shape index (κ2) is 9.84. The van der Waals surface area contributed by atoms with Crippen molar-refractivity contribution in [3.05, 3.63) is 12.7 Å². The summed E-state index contributed by atoms with van der Waals surface area (Å²) in [6.07, 6.45) is 4.97. The maximum atomic E-state index is 12.2. The fourth-order valence-electron chi connectivity index (χ4n) is 1.92. The smallest absolute Gasteiger partial charge is 0.329 e. The Labute approximate surface area is 131 Å². The Morgan fingerprint density at radius 2 is 2.10 bits per heavy atom. The van der Waals surface area contributed by atoms with E-state index < -0.39 is 29.4 Å². The Balaban J connectivity index is 4.85. The van der Waals surface area contributed by atoms with Crippen molar-refractivity contribution in [2.24, 2.45) is 5.92 Å². The van der Waals surface area contributed by atoms with Crippen molar-refractivity contribution in [2.45, 2.75) is 51.2 Å². The zero-order chi connectivity index (χ0) is 16.5. The van der Waals surface area contributed by atoms with E-state index in [0.717, 1.165) is 12.8 Å². The molecule has 0 saturated carbocycles. The Bertz CT molecular complexity index is 362. The first-order chi connectivity index (χ1) is 9.82. The van der Waals surface area contributed by atoms with Crippen LogP contribution in [0.15, 0.2) is 12.7 Å². The molecule has 0 unspecified atom stereocenters. The van der Waals surface area contributed by atoms with E-state index in [1.54, 1.807) is 0 Å². The highest BCUT2D eigenvalue weighted by atomic mass is 32.2. The number of hydrogen-bond donors (Lipinski definition) is 3. The van der Waals surface area contributed by atoms with E-state index in [4.69, 9.17) is 0 Å². The van der Waals surface area contributed by atoms with Crippen LogP contribution in [0.3, 0.4) is 0 Å². The van der Waals surface area contributed by atoms with Gasteiger partial charge < -0.3 is 15.5 Å². The SMILES string of the molecule is C=C[C@H](C(=O)N[C@@](C)(CCSC)C(=O)O)[C@H](O)CCCC. The summed E-state index contributed by atoms with van der Waals surface area (Å²) in [7, 11) is 0. The van der Waals surface area contributed by atoms with Gasteiger partial charge in [0.15, 0.2) is 0 Å². The Morgan fingerprint density at radius 1 is 1.48 bits per heavy atom. The molecule has 21 heavy (non-hydrogen) atoms. The minimum atomic E-state index is -1.33. The summed E-state index contributed by atoms with van der Waals surface area (Å²) >= 11 is 1.52. The van der Waals surface area contributed by atoms with Crippen molar-refractivity contribution in [3.63, 3.8) is 0 Å². The Kier molecular flexibility index (Phi) is 9.37. The zero-order valence-corrected chi connectivity index (χ0v) is 13.9. The predicted octanol–water partition coefficient (Wildman–Crippen LogP) is 2.05. The van der Waals surface area contributed by atoms with Crippen LogP contribution in [-0.2, 0) is 9.59 Å². The second-order valence-electron chi connectivity index (χ2n) is 5.34. The fourth-order valence-corrected chi connectivity index (χ4v) is 2.53. The summed E-state index contributed by atoms with van der Waals surface area (Å²) in [5.41, 5.74) is -1.33. The number of aliphatic hydroxyl groups excluding tert-OH is 1. The van der Waals surface area contributed by atoms with Crippen molar-refractivity contribution < 1.29 is 19.8 Å². The molecule has 0 aliphatic heterocycles. The molecule has 0 aromatic heterocycles. The molecule has 0 aliphatic rings. The molecule has 122 valence electrons. The molecule has 0 bridgehead atoms. The van der Waals surface area contributed by atoms with E-state index in [1.165, 1.54) is 24.8 Å². The molecular formula is C15H27NO4S. The van der Waals surface area contributed by atoms with E-state index in [1.807, 2.05) is 13.2 Å². The van der Waals surface area contributed by atoms with E-state index in [-0.39, 0.29) is 0 Å². The molecule has 0 fully saturated rings. The van der Waals surface area contributed by atoms with E-state index in [2.05, 4.69) is 11.9 Å². The van der Waals surface area contributed by atoms with Gasteiger partial charge in [-0.25, -0.2) is 4.79 Å². The van der Waals surface area contributed by atoms with Crippen molar-refractivity contribution in [1.29, 1.82) is 0 Å². The van der Waals surface area contributed by atoms with Gasteiger partial charge in [0.05, 0.1) is 12.0 Å². The number of carbonyl (C=O) groups is 2. The maximum absolute atomic E-state index is 12.2. The normalized spacial score (nSPS) is 16.6. The Morgan fingerprint density at radius 3 is 2.52 bits per heavy atom. The number of carboxylic acids is 1. The van der Waals surface area contributed by atoms with Crippen LogP contribution in [0.4, 0.5) is 0 Å². The number of hydrogen-bond acceptors (Lipinski definition) is 4. The number of amides is 1. The number of carboxylic acid groups (broad SMARTS) is 1. The third-order valence-corrected chi connectivity index (χ3v) is 4.11. The number of carbonyl (C=O) groups excluding carboxylic acids is 1. The van der Waals surface area contributed by atoms with E-state index >= 15 is 0 Å². The van der Waals surface area contributed by atoms with Gasteiger partial charge in [-0.15, -0.1) is 6.58 Å². The van der Waals surface area contributed by atoms with Crippen LogP contribution in [0.5, 0.6) is 0 Å². The zero-order valence-electron chi connectivity index (χ0n) is 13.1. The molecule has 0 aromatic rings. The van der Waals surface area contributed by atoms with Crippen LogP contribution < -0.4 is 5.32 Å². The lowest BCUT2D eigenvalue weighted by molar-refractivity contribution is -0.148. The summed E-state index contributed by atoms with van der Waals surface area (Å²) in [5.74, 6) is -1.72. The van der Waals surface area contributed by atoms with Gasteiger partial charge in [0.25, 0.3) is 0 Å². The summed E-state index contributed by atoms with van der Waals surface area (Å²) in [4.78, 5) is 23.7. The third kappa shape index (κ3) is 6.52. The monoisotopic (exact) mass is 317 g/mol. The highest BCUT2D eigenvalue weighted by molar-refractivity contribution is 7.98. The van der Waals surface area contributed by atoms with Gasteiger partial charge in [0.1, 0.15) is 5.54 Å². The van der Waals surface area contributed by atoms with Crippen LogP contribution >= 0.6 is 11.8 Å². The van der Waals surface area contributed by atoms with Gasteiger partial charge in [0, 0.05) is 0 Å². The van der Waals surface area contributed by atoms with E-state index in [0.29, 0.717) is 18.6 Å². The van der Waals surface area contributed by atoms with Crippen molar-refractivity contribution in [1.82, 2.24) is 5.32 Å². The minimum Gasteiger partial charge on any atom is -0.480 e. The van der Waals surface area contributed by atoms with Gasteiger partial charge in [0.2, 0.25) is 5.91 Å². The lowest BCUT2D eigenvalue weighted by Crippen LogP contribution is -2.55. The molecule has 1 amide bonds. The lowest BCUT2D eigenvalue weighted by Gasteiger charge is -2.29. The van der Waals surface area contributed by atoms with E-state index in [9.17, 15) is 19.8 Å². The fraction of sp³-hybridized carbons (Fsp3) is 0.733. The molecule has 3 N–H and O–H groups in total. The molecule has 0 spiro atoms. The summed E-state index contributed by atoms with van der Waals surface area (Å²) in [6.45, 7) is 7.06. The molecule has 6 heteroatoms. The maximum Gasteiger partial charge on any atom is 0.329 e. The third-order valence-electron chi connectivity index (χ3n) is 3.50. The standard InChI is InChI=1S/C15H27NO4S/c1-5-7-8-12(17)11(6-2)13(18)16-15(3,14(19)20)9-10-21-4/h6,11-12,17H,2,5,7-10H2,1,3-4H3,(H,16,18)(H,19,20)/t11-,12+,15-/m0/s1. The molecule has 0 aromatic carbocycles. The van der Waals surface area contributed by atoms with Gasteiger partial charge in [-0.2, -0.15) is 11.8 Å². The molecule has 3 atom stereocenters. The number of rotatable bonds is 11. The van der Waals surface area contributed by atoms with Crippen LogP contribution in [0, 0.1) is 5.92 Å².